The number of carbonyl (C=O) groups is 1. The van der Waals surface area contributed by atoms with Crippen molar-refractivity contribution in [2.45, 2.75) is 17.5 Å². The van der Waals surface area contributed by atoms with Crippen molar-refractivity contribution >= 4 is 17.7 Å². The highest BCUT2D eigenvalue weighted by Gasteiger charge is 2.20. The van der Waals surface area contributed by atoms with Gasteiger partial charge in [-0.2, -0.15) is 0 Å². The Kier molecular flexibility index (Phi) is 4.31. The number of halogens is 1. The standard InChI is InChI=1S/C8H9FN2O2S/c1-2-13-8(12)7(9)14-6-3-4-10-5-11-6/h3-5,7H,2H2,1H3. The molecule has 0 aliphatic carbocycles. The third-order valence-electron chi connectivity index (χ3n) is 1.25. The first-order valence-corrected chi connectivity index (χ1v) is 4.85. The maximum atomic E-state index is 13.1. The third kappa shape index (κ3) is 3.29. The maximum absolute atomic E-state index is 13.1. The molecule has 0 aromatic carbocycles. The third-order valence-corrected chi connectivity index (χ3v) is 2.13. The van der Waals surface area contributed by atoms with Gasteiger partial charge in [-0.25, -0.2) is 19.2 Å². The van der Waals surface area contributed by atoms with E-state index in [2.05, 4.69) is 14.7 Å². The molecule has 1 heterocycles. The molecule has 1 rings (SSSR count). The van der Waals surface area contributed by atoms with E-state index in [4.69, 9.17) is 0 Å². The molecule has 0 aliphatic heterocycles. The van der Waals surface area contributed by atoms with E-state index in [1.807, 2.05) is 0 Å². The smallest absolute Gasteiger partial charge is 0.351 e. The highest BCUT2D eigenvalue weighted by atomic mass is 32.2. The van der Waals surface area contributed by atoms with Crippen LogP contribution in [0.1, 0.15) is 6.92 Å². The summed E-state index contributed by atoms with van der Waals surface area (Å²) >= 11 is 0.699. The number of ether oxygens (including phenoxy) is 1. The number of alkyl halides is 1. The topological polar surface area (TPSA) is 52.1 Å². The first-order valence-electron chi connectivity index (χ1n) is 3.97. The molecule has 0 aliphatic rings. The molecule has 4 nitrogen and oxygen atoms in total. The Morgan fingerprint density at radius 1 is 1.79 bits per heavy atom. The molecule has 76 valence electrons. The molecule has 1 aromatic heterocycles. The van der Waals surface area contributed by atoms with Gasteiger partial charge in [-0.1, -0.05) is 11.8 Å². The summed E-state index contributed by atoms with van der Waals surface area (Å²) in [6, 6.07) is 1.52. The van der Waals surface area contributed by atoms with Gasteiger partial charge in [-0.05, 0) is 13.0 Å². The molecule has 1 aromatic rings. The summed E-state index contributed by atoms with van der Waals surface area (Å²) in [6.07, 6.45) is 2.77. The van der Waals surface area contributed by atoms with Crippen LogP contribution in [-0.2, 0) is 9.53 Å². The van der Waals surface area contributed by atoms with Crippen LogP contribution in [0.3, 0.4) is 0 Å². The van der Waals surface area contributed by atoms with Gasteiger partial charge in [0.05, 0.1) is 6.61 Å². The van der Waals surface area contributed by atoms with Gasteiger partial charge in [-0.15, -0.1) is 0 Å². The number of carbonyl (C=O) groups excluding carboxylic acids is 1. The van der Waals surface area contributed by atoms with Crippen molar-refractivity contribution in [2.75, 3.05) is 6.61 Å². The number of hydrogen-bond acceptors (Lipinski definition) is 5. The van der Waals surface area contributed by atoms with Crippen LogP contribution in [0, 0.1) is 0 Å². The zero-order valence-electron chi connectivity index (χ0n) is 7.51. The average molecular weight is 216 g/mol. The molecular weight excluding hydrogens is 207 g/mol. The van der Waals surface area contributed by atoms with Crippen LogP contribution in [-0.4, -0.2) is 28.0 Å². The van der Waals surface area contributed by atoms with Crippen molar-refractivity contribution in [1.29, 1.82) is 0 Å². The minimum Gasteiger partial charge on any atom is -0.463 e. The summed E-state index contributed by atoms with van der Waals surface area (Å²) in [6.45, 7) is 1.80. The fourth-order valence-corrected chi connectivity index (χ4v) is 1.33. The van der Waals surface area contributed by atoms with Crippen molar-refractivity contribution in [3.63, 3.8) is 0 Å². The molecule has 1 atom stereocenters. The minimum absolute atomic E-state index is 0.170. The molecule has 0 saturated carbocycles. The molecule has 0 saturated heterocycles. The molecule has 1 unspecified atom stereocenters. The van der Waals surface area contributed by atoms with E-state index in [9.17, 15) is 9.18 Å². The number of nitrogens with zero attached hydrogens (tertiary/aromatic N) is 2. The van der Waals surface area contributed by atoms with Gasteiger partial charge in [0.2, 0.25) is 5.50 Å². The van der Waals surface area contributed by atoms with Crippen LogP contribution in [0.4, 0.5) is 4.39 Å². The molecule has 0 N–H and O–H groups in total. The fraction of sp³-hybridized carbons (Fsp3) is 0.375. The van der Waals surface area contributed by atoms with Gasteiger partial charge in [0.25, 0.3) is 0 Å². The normalized spacial score (nSPS) is 12.1. The van der Waals surface area contributed by atoms with Gasteiger partial charge >= 0.3 is 5.97 Å². The Bertz CT molecular complexity index is 297. The van der Waals surface area contributed by atoms with Gasteiger partial charge in [0.15, 0.2) is 0 Å². The van der Waals surface area contributed by atoms with E-state index in [0.717, 1.165) is 0 Å². The average Bonchev–Trinajstić information content (AvgIpc) is 2.19. The molecule has 0 fully saturated rings. The summed E-state index contributed by atoms with van der Waals surface area (Å²) in [5, 5.41) is 0.403. The molecule has 6 heteroatoms. The number of thioether (sulfide) groups is 1. The van der Waals surface area contributed by atoms with Crippen LogP contribution in [0.25, 0.3) is 0 Å². The predicted octanol–water partition coefficient (Wildman–Crippen LogP) is 1.43. The van der Waals surface area contributed by atoms with E-state index >= 15 is 0 Å². The lowest BCUT2D eigenvalue weighted by Gasteiger charge is -2.05. The van der Waals surface area contributed by atoms with Gasteiger partial charge in [0.1, 0.15) is 11.4 Å². The zero-order valence-corrected chi connectivity index (χ0v) is 8.33. The molecule has 0 radical (unpaired) electrons. The van der Waals surface area contributed by atoms with E-state index in [-0.39, 0.29) is 6.61 Å². The Balaban J connectivity index is 2.49. The van der Waals surface area contributed by atoms with Crippen LogP contribution < -0.4 is 0 Å². The molecular formula is C8H9FN2O2S. The Hall–Kier alpha value is -1.17. The molecule has 0 amide bonds. The minimum atomic E-state index is -1.73. The highest BCUT2D eigenvalue weighted by Crippen LogP contribution is 2.22. The second kappa shape index (κ2) is 5.54. The van der Waals surface area contributed by atoms with E-state index < -0.39 is 11.5 Å². The predicted molar refractivity (Wildman–Crippen MR) is 49.4 cm³/mol. The lowest BCUT2D eigenvalue weighted by molar-refractivity contribution is -0.145. The molecule has 0 bridgehead atoms. The molecule has 14 heavy (non-hydrogen) atoms. The largest absolute Gasteiger partial charge is 0.463 e. The second-order valence-corrected chi connectivity index (χ2v) is 3.30. The number of esters is 1. The fourth-order valence-electron chi connectivity index (χ4n) is 0.710. The van der Waals surface area contributed by atoms with Crippen LogP contribution >= 0.6 is 11.8 Å². The Morgan fingerprint density at radius 2 is 2.57 bits per heavy atom. The van der Waals surface area contributed by atoms with Gasteiger partial charge in [-0.3, -0.25) is 0 Å². The number of aromatic nitrogens is 2. The van der Waals surface area contributed by atoms with Crippen molar-refractivity contribution in [2.24, 2.45) is 0 Å². The van der Waals surface area contributed by atoms with E-state index in [1.165, 1.54) is 18.6 Å². The van der Waals surface area contributed by atoms with Crippen molar-refractivity contribution in [3.8, 4) is 0 Å². The van der Waals surface area contributed by atoms with Crippen molar-refractivity contribution < 1.29 is 13.9 Å². The van der Waals surface area contributed by atoms with Gasteiger partial charge in [0, 0.05) is 6.20 Å². The van der Waals surface area contributed by atoms with Crippen LogP contribution in [0.5, 0.6) is 0 Å². The van der Waals surface area contributed by atoms with Gasteiger partial charge < -0.3 is 4.74 Å². The second-order valence-electron chi connectivity index (χ2n) is 2.23. The summed E-state index contributed by atoms with van der Waals surface area (Å²) in [7, 11) is 0. The summed E-state index contributed by atoms with van der Waals surface area (Å²) in [4.78, 5) is 18.3. The SMILES string of the molecule is CCOC(=O)C(F)Sc1ccncn1. The number of hydrogen-bond donors (Lipinski definition) is 0. The van der Waals surface area contributed by atoms with E-state index in [0.29, 0.717) is 16.8 Å². The first kappa shape index (κ1) is 10.9. The Labute approximate surface area is 84.9 Å². The lowest BCUT2D eigenvalue weighted by atomic mass is 10.7. The molecule has 0 spiro atoms. The van der Waals surface area contributed by atoms with Crippen molar-refractivity contribution in [1.82, 2.24) is 9.97 Å². The maximum Gasteiger partial charge on any atom is 0.351 e. The van der Waals surface area contributed by atoms with Crippen LogP contribution in [0.2, 0.25) is 0 Å². The summed E-state index contributed by atoms with van der Waals surface area (Å²) in [5.74, 6) is -0.879. The Morgan fingerprint density at radius 3 is 3.14 bits per heavy atom. The monoisotopic (exact) mass is 216 g/mol. The number of rotatable bonds is 4. The quantitative estimate of drug-likeness (QED) is 0.433. The highest BCUT2D eigenvalue weighted by molar-refractivity contribution is 8.00. The lowest BCUT2D eigenvalue weighted by Crippen LogP contribution is -2.15. The zero-order chi connectivity index (χ0) is 10.4. The summed E-state index contributed by atoms with van der Waals surface area (Å²) in [5.41, 5.74) is -1.73. The summed E-state index contributed by atoms with van der Waals surface area (Å²) < 4.78 is 17.6. The van der Waals surface area contributed by atoms with Crippen LogP contribution in [0.15, 0.2) is 23.6 Å². The first-order chi connectivity index (χ1) is 6.74. The van der Waals surface area contributed by atoms with E-state index in [1.54, 1.807) is 6.92 Å². The van der Waals surface area contributed by atoms with Crippen molar-refractivity contribution in [3.05, 3.63) is 18.6 Å².